The molecule has 128 valence electrons. The number of fused-ring (bicyclic) bond motifs is 1. The van der Waals surface area contributed by atoms with E-state index in [9.17, 15) is 39.6 Å². The van der Waals surface area contributed by atoms with Crippen molar-refractivity contribution in [2.45, 2.75) is 33.6 Å². The summed E-state index contributed by atoms with van der Waals surface area (Å²) in [4.78, 5) is 46.5. The Morgan fingerprint density at radius 2 is 1.30 bits per heavy atom. The lowest BCUT2D eigenvalue weighted by molar-refractivity contribution is -0.280. The van der Waals surface area contributed by atoms with E-state index in [-0.39, 0.29) is 12.8 Å². The van der Waals surface area contributed by atoms with Crippen molar-refractivity contribution in [3.05, 3.63) is 0 Å². The Morgan fingerprint density at radius 3 is 1.65 bits per heavy atom. The van der Waals surface area contributed by atoms with Gasteiger partial charge in [-0.15, -0.1) is 0 Å². The molecular formula is C15H20O8. The largest absolute Gasteiger partial charge is 0.481 e. The monoisotopic (exact) mass is 328 g/mol. The molecule has 0 bridgehead atoms. The quantitative estimate of drug-likeness (QED) is 0.597. The summed E-state index contributed by atoms with van der Waals surface area (Å²) in [7, 11) is 0. The molecule has 2 saturated carbocycles. The fourth-order valence-electron chi connectivity index (χ4n) is 5.07. The van der Waals surface area contributed by atoms with E-state index in [4.69, 9.17) is 0 Å². The summed E-state index contributed by atoms with van der Waals surface area (Å²) in [6, 6.07) is 0. The second kappa shape index (κ2) is 4.69. The molecule has 0 heterocycles. The summed E-state index contributed by atoms with van der Waals surface area (Å²) in [5.41, 5.74) is -4.42. The average Bonchev–Trinajstić information content (AvgIpc) is 2.43. The van der Waals surface area contributed by atoms with Crippen molar-refractivity contribution in [1.82, 2.24) is 0 Å². The lowest BCUT2D eigenvalue weighted by Crippen LogP contribution is -2.77. The zero-order valence-electron chi connectivity index (χ0n) is 13.1. The highest BCUT2D eigenvalue weighted by Crippen LogP contribution is 2.77. The molecule has 4 N–H and O–H groups in total. The minimum Gasteiger partial charge on any atom is -0.481 e. The normalized spacial score (nSPS) is 45.4. The highest BCUT2D eigenvalue weighted by Gasteiger charge is 2.82. The summed E-state index contributed by atoms with van der Waals surface area (Å²) < 4.78 is 0. The molecule has 0 amide bonds. The van der Waals surface area contributed by atoms with Crippen LogP contribution < -0.4 is 0 Å². The minimum absolute atomic E-state index is 0.158. The Hall–Kier alpha value is -2.12. The molecule has 2 aliphatic rings. The number of carboxylic acids is 4. The molecule has 2 fully saturated rings. The second-order valence-corrected chi connectivity index (χ2v) is 7.24. The fraction of sp³-hybridized carbons (Fsp3) is 0.733. The molecule has 0 saturated heterocycles. The van der Waals surface area contributed by atoms with Crippen molar-refractivity contribution < 1.29 is 39.6 Å². The van der Waals surface area contributed by atoms with E-state index in [1.165, 1.54) is 13.8 Å². The van der Waals surface area contributed by atoms with Gasteiger partial charge in [-0.3, -0.25) is 19.2 Å². The Kier molecular flexibility index (Phi) is 3.51. The Balaban J connectivity index is 2.58. The van der Waals surface area contributed by atoms with Crippen molar-refractivity contribution in [1.29, 1.82) is 0 Å². The molecule has 6 atom stereocenters. The average molecular weight is 328 g/mol. The smallest absolute Gasteiger partial charge is 0.311 e. The zero-order valence-corrected chi connectivity index (χ0v) is 13.1. The van der Waals surface area contributed by atoms with Gasteiger partial charge in [0.25, 0.3) is 0 Å². The van der Waals surface area contributed by atoms with Crippen molar-refractivity contribution in [2.24, 2.45) is 34.0 Å². The Bertz CT molecular complexity index is 613. The lowest BCUT2D eigenvalue weighted by atomic mass is 9.28. The number of hydrogen-bond acceptors (Lipinski definition) is 4. The van der Waals surface area contributed by atoms with Gasteiger partial charge in [0.2, 0.25) is 0 Å². The first-order valence-corrected chi connectivity index (χ1v) is 7.28. The molecule has 0 aromatic rings. The van der Waals surface area contributed by atoms with Crippen LogP contribution in [0.25, 0.3) is 0 Å². The summed E-state index contributed by atoms with van der Waals surface area (Å²) >= 11 is 0. The summed E-state index contributed by atoms with van der Waals surface area (Å²) in [6.07, 6.45) is -0.329. The van der Waals surface area contributed by atoms with Crippen molar-refractivity contribution >= 4 is 23.9 Å². The molecule has 8 heteroatoms. The Morgan fingerprint density at radius 1 is 0.826 bits per heavy atom. The molecule has 0 aromatic heterocycles. The van der Waals surface area contributed by atoms with Crippen molar-refractivity contribution in [3.63, 3.8) is 0 Å². The highest BCUT2D eigenvalue weighted by atomic mass is 16.4. The summed E-state index contributed by atoms with van der Waals surface area (Å²) in [5, 5.41) is 37.9. The van der Waals surface area contributed by atoms with Crippen LogP contribution in [-0.2, 0) is 19.2 Å². The molecule has 23 heavy (non-hydrogen) atoms. The predicted molar refractivity (Wildman–Crippen MR) is 74.6 cm³/mol. The third-order valence-corrected chi connectivity index (χ3v) is 6.77. The van der Waals surface area contributed by atoms with Crippen LogP contribution in [0.5, 0.6) is 0 Å². The van der Waals surface area contributed by atoms with Crippen LogP contribution in [0.1, 0.15) is 33.6 Å². The van der Waals surface area contributed by atoms with E-state index >= 15 is 0 Å². The Labute approximate surface area is 132 Å². The molecule has 6 unspecified atom stereocenters. The topological polar surface area (TPSA) is 149 Å². The summed E-state index contributed by atoms with van der Waals surface area (Å²) in [5.74, 6) is -8.37. The van der Waals surface area contributed by atoms with E-state index < -0.39 is 57.9 Å². The molecular weight excluding hydrogens is 308 g/mol. The van der Waals surface area contributed by atoms with Gasteiger partial charge in [-0.2, -0.15) is 0 Å². The van der Waals surface area contributed by atoms with Crippen molar-refractivity contribution in [2.75, 3.05) is 0 Å². The van der Waals surface area contributed by atoms with Gasteiger partial charge in [0.15, 0.2) is 0 Å². The van der Waals surface area contributed by atoms with E-state index in [1.54, 1.807) is 6.92 Å². The van der Waals surface area contributed by atoms with Crippen LogP contribution >= 0.6 is 0 Å². The number of hydrogen-bond donors (Lipinski definition) is 4. The number of aliphatic carboxylic acids is 4. The highest BCUT2D eigenvalue weighted by molar-refractivity contribution is 5.91. The van der Waals surface area contributed by atoms with Gasteiger partial charge in [0, 0.05) is 0 Å². The maximum Gasteiger partial charge on any atom is 0.311 e. The predicted octanol–water partition coefficient (Wildman–Crippen LogP) is 1.000. The van der Waals surface area contributed by atoms with Gasteiger partial charge in [0.05, 0.1) is 22.7 Å². The molecule has 0 aliphatic heterocycles. The molecule has 8 nitrogen and oxygen atoms in total. The zero-order chi connectivity index (χ0) is 18.0. The van der Waals surface area contributed by atoms with Crippen LogP contribution in [0, 0.1) is 34.0 Å². The molecule has 0 radical (unpaired) electrons. The fourth-order valence-corrected chi connectivity index (χ4v) is 5.07. The SMILES string of the molecule is CC12CC(C(=O)O)C(C(=O)O)CC1C(C)(C(=O)O)C2(C)C(=O)O. The van der Waals surface area contributed by atoms with Gasteiger partial charge < -0.3 is 20.4 Å². The van der Waals surface area contributed by atoms with E-state index in [0.717, 1.165) is 0 Å². The van der Waals surface area contributed by atoms with Crippen LogP contribution in [0.3, 0.4) is 0 Å². The first kappa shape index (κ1) is 17.2. The summed E-state index contributed by atoms with van der Waals surface area (Å²) in [6.45, 7) is 4.19. The van der Waals surface area contributed by atoms with Gasteiger partial charge in [-0.1, -0.05) is 6.92 Å². The first-order chi connectivity index (χ1) is 10.4. The van der Waals surface area contributed by atoms with Gasteiger partial charge in [-0.25, -0.2) is 0 Å². The maximum absolute atomic E-state index is 11.8. The van der Waals surface area contributed by atoms with Crippen molar-refractivity contribution in [3.8, 4) is 0 Å². The van der Waals surface area contributed by atoms with Crippen LogP contribution in [-0.4, -0.2) is 44.3 Å². The number of carbonyl (C=O) groups is 4. The van der Waals surface area contributed by atoms with Crippen LogP contribution in [0.15, 0.2) is 0 Å². The third-order valence-electron chi connectivity index (χ3n) is 6.77. The van der Waals surface area contributed by atoms with E-state index in [2.05, 4.69) is 0 Å². The third kappa shape index (κ3) is 1.71. The molecule has 2 rings (SSSR count). The number of rotatable bonds is 4. The molecule has 2 aliphatic carbocycles. The van der Waals surface area contributed by atoms with Gasteiger partial charge in [-0.05, 0) is 38.0 Å². The number of carboxylic acid groups (broad SMARTS) is 4. The standard InChI is InChI=1S/C15H20O8/c1-13-5-7(10(18)19)6(9(16)17)4-8(13)14(2,11(20)21)15(13,3)12(22)23/h6-8H,4-5H2,1-3H3,(H,16,17)(H,18,19)(H,20,21)(H,22,23). The minimum atomic E-state index is -1.67. The van der Waals surface area contributed by atoms with Gasteiger partial charge in [0.1, 0.15) is 0 Å². The second-order valence-electron chi connectivity index (χ2n) is 7.24. The molecule has 0 aromatic carbocycles. The van der Waals surface area contributed by atoms with Crippen LogP contribution in [0.4, 0.5) is 0 Å². The van der Waals surface area contributed by atoms with E-state index in [0.29, 0.717) is 0 Å². The first-order valence-electron chi connectivity index (χ1n) is 7.28. The van der Waals surface area contributed by atoms with E-state index in [1.807, 2.05) is 0 Å². The molecule has 0 spiro atoms. The maximum atomic E-state index is 11.8. The lowest BCUT2D eigenvalue weighted by Gasteiger charge is -2.72. The van der Waals surface area contributed by atoms with Gasteiger partial charge >= 0.3 is 23.9 Å². The van der Waals surface area contributed by atoms with Crippen LogP contribution in [0.2, 0.25) is 0 Å².